The molecule has 0 radical (unpaired) electrons. The van der Waals surface area contributed by atoms with E-state index in [-0.39, 0.29) is 5.95 Å². The molecule has 2 bridgehead atoms. The zero-order valence-corrected chi connectivity index (χ0v) is 23.0. The van der Waals surface area contributed by atoms with Crippen LogP contribution < -0.4 is 25.4 Å². The lowest BCUT2D eigenvalue weighted by molar-refractivity contribution is 0.135. The van der Waals surface area contributed by atoms with E-state index in [1.165, 1.54) is 42.4 Å². The molecule has 3 heterocycles. The summed E-state index contributed by atoms with van der Waals surface area (Å²) >= 11 is 0. The van der Waals surface area contributed by atoms with E-state index >= 15 is 0 Å². The molecule has 4 aromatic rings. The molecule has 1 saturated heterocycles. The van der Waals surface area contributed by atoms with Crippen LogP contribution in [0, 0.1) is 11.8 Å². The topological polar surface area (TPSA) is 119 Å². The third kappa shape index (κ3) is 4.43. The molecule has 208 valence electrons. The molecule has 0 spiro atoms. The summed E-state index contributed by atoms with van der Waals surface area (Å²) in [7, 11) is 3.18. The maximum absolute atomic E-state index is 6.26. The number of nitrogens with zero attached hydrogens (tertiary/aromatic N) is 7. The first-order chi connectivity index (χ1) is 19.6. The fourth-order valence-corrected chi connectivity index (χ4v) is 6.93. The van der Waals surface area contributed by atoms with Crippen molar-refractivity contribution in [3.05, 3.63) is 42.7 Å². The van der Waals surface area contributed by atoms with Crippen molar-refractivity contribution in [3.8, 4) is 17.3 Å². The largest absolute Gasteiger partial charge is 0.493 e. The normalized spacial score (nSPS) is 22.6. The predicted octanol–water partition coefficient (Wildman–Crippen LogP) is 3.86. The molecule has 1 aliphatic heterocycles. The fourth-order valence-electron chi connectivity index (χ4n) is 6.93. The summed E-state index contributed by atoms with van der Waals surface area (Å²) in [6.45, 7) is 4.47. The Hall–Kier alpha value is -4.12. The Bertz CT molecular complexity index is 1510. The van der Waals surface area contributed by atoms with E-state index in [4.69, 9.17) is 15.2 Å². The summed E-state index contributed by atoms with van der Waals surface area (Å²) in [5.74, 6) is 4.20. The van der Waals surface area contributed by atoms with Crippen LogP contribution in [0.2, 0.25) is 0 Å². The van der Waals surface area contributed by atoms with Crippen molar-refractivity contribution in [1.82, 2.24) is 29.6 Å². The van der Waals surface area contributed by atoms with E-state index in [0.29, 0.717) is 34.2 Å². The summed E-state index contributed by atoms with van der Waals surface area (Å²) < 4.78 is 12.4. The van der Waals surface area contributed by atoms with Crippen LogP contribution in [-0.4, -0.2) is 76.1 Å². The lowest BCUT2D eigenvalue weighted by Crippen LogP contribution is -2.51. The number of benzene rings is 2. The Kier molecular flexibility index (Phi) is 6.30. The molecule has 2 aromatic heterocycles. The molecule has 0 amide bonds. The number of anilines is 4. The molecule has 3 fully saturated rings. The third-order valence-corrected chi connectivity index (χ3v) is 8.93. The van der Waals surface area contributed by atoms with Gasteiger partial charge in [-0.25, -0.2) is 9.97 Å². The second kappa shape index (κ2) is 10.1. The molecule has 40 heavy (non-hydrogen) atoms. The number of nitrogen functional groups attached to an aromatic ring is 1. The van der Waals surface area contributed by atoms with Gasteiger partial charge in [-0.2, -0.15) is 9.67 Å². The molecule has 2 saturated carbocycles. The van der Waals surface area contributed by atoms with Gasteiger partial charge in [0.1, 0.15) is 6.33 Å². The number of piperazine rings is 1. The highest BCUT2D eigenvalue weighted by Gasteiger charge is 2.42. The van der Waals surface area contributed by atoms with E-state index in [9.17, 15) is 0 Å². The van der Waals surface area contributed by atoms with E-state index in [1.54, 1.807) is 20.3 Å². The quantitative estimate of drug-likeness (QED) is 0.357. The lowest BCUT2D eigenvalue weighted by atomic mass is 9.93. The van der Waals surface area contributed by atoms with Crippen LogP contribution in [0.15, 0.2) is 42.7 Å². The second-order valence-corrected chi connectivity index (χ2v) is 11.1. The Morgan fingerprint density at radius 3 is 2.40 bits per heavy atom. The zero-order chi connectivity index (χ0) is 27.2. The molecule has 11 nitrogen and oxygen atoms in total. The van der Waals surface area contributed by atoms with Crippen molar-refractivity contribution in [2.45, 2.75) is 31.7 Å². The summed E-state index contributed by atoms with van der Waals surface area (Å²) in [5, 5.41) is 8.58. The molecule has 2 aliphatic carbocycles. The zero-order valence-electron chi connectivity index (χ0n) is 23.0. The average Bonchev–Trinajstić information content (AvgIpc) is 3.73. The Morgan fingerprint density at radius 2 is 1.70 bits per heavy atom. The molecule has 7 rings (SSSR count). The molecule has 3 unspecified atom stereocenters. The number of nitrogens with one attached hydrogen (secondary N) is 1. The summed E-state index contributed by atoms with van der Waals surface area (Å²) in [6, 6.07) is 12.9. The SMILES string of the molecule is COc1cc2ncnc(-n3nc(Nc4ccc(N5CCN(C6CC7CCC6C7)CC5)cc4)nc3N)c2cc1OC. The first kappa shape index (κ1) is 24.9. The number of aromatic nitrogens is 5. The van der Waals surface area contributed by atoms with Gasteiger partial charge < -0.3 is 25.4 Å². The van der Waals surface area contributed by atoms with Gasteiger partial charge in [-0.3, -0.25) is 4.90 Å². The van der Waals surface area contributed by atoms with Crippen LogP contribution in [-0.2, 0) is 0 Å². The molecular formula is C29H35N9O2. The van der Waals surface area contributed by atoms with Gasteiger partial charge in [-0.15, -0.1) is 5.10 Å². The maximum Gasteiger partial charge on any atom is 0.248 e. The first-order valence-electron chi connectivity index (χ1n) is 14.1. The predicted molar refractivity (Wildman–Crippen MR) is 155 cm³/mol. The van der Waals surface area contributed by atoms with Gasteiger partial charge in [0.2, 0.25) is 11.9 Å². The van der Waals surface area contributed by atoms with Crippen molar-refractivity contribution in [3.63, 3.8) is 0 Å². The highest BCUT2D eigenvalue weighted by molar-refractivity contribution is 5.88. The van der Waals surface area contributed by atoms with Crippen LogP contribution in [0.1, 0.15) is 25.7 Å². The number of hydrogen-bond acceptors (Lipinski definition) is 10. The number of rotatable bonds is 7. The molecular weight excluding hydrogens is 506 g/mol. The van der Waals surface area contributed by atoms with Crippen molar-refractivity contribution < 1.29 is 9.47 Å². The Labute approximate surface area is 233 Å². The smallest absolute Gasteiger partial charge is 0.248 e. The summed E-state index contributed by atoms with van der Waals surface area (Å²) in [4.78, 5) is 18.5. The highest BCUT2D eigenvalue weighted by atomic mass is 16.5. The minimum absolute atomic E-state index is 0.210. The van der Waals surface area contributed by atoms with Crippen LogP contribution in [0.5, 0.6) is 11.5 Å². The number of methoxy groups -OCH3 is 2. The van der Waals surface area contributed by atoms with E-state index < -0.39 is 0 Å². The number of nitrogens with two attached hydrogens (primary N) is 1. The number of fused-ring (bicyclic) bond motifs is 3. The Balaban J connectivity index is 1.04. The monoisotopic (exact) mass is 541 g/mol. The van der Waals surface area contributed by atoms with Gasteiger partial charge in [0.05, 0.1) is 19.7 Å². The highest BCUT2D eigenvalue weighted by Crippen LogP contribution is 2.46. The van der Waals surface area contributed by atoms with Gasteiger partial charge >= 0.3 is 0 Å². The van der Waals surface area contributed by atoms with Gasteiger partial charge in [-0.05, 0) is 61.4 Å². The van der Waals surface area contributed by atoms with E-state index in [2.05, 4.69) is 59.4 Å². The minimum Gasteiger partial charge on any atom is -0.493 e. The van der Waals surface area contributed by atoms with Crippen LogP contribution >= 0.6 is 0 Å². The maximum atomic E-state index is 6.26. The number of hydrogen-bond donors (Lipinski definition) is 2. The lowest BCUT2D eigenvalue weighted by Gasteiger charge is -2.41. The summed E-state index contributed by atoms with van der Waals surface area (Å²) in [6.07, 6.45) is 7.27. The average molecular weight is 542 g/mol. The molecule has 3 aliphatic rings. The van der Waals surface area contributed by atoms with Gasteiger partial charge in [-0.1, -0.05) is 6.42 Å². The van der Waals surface area contributed by atoms with Crippen LogP contribution in [0.4, 0.5) is 23.3 Å². The number of ether oxygens (including phenoxy) is 2. The Morgan fingerprint density at radius 1 is 0.925 bits per heavy atom. The third-order valence-electron chi connectivity index (χ3n) is 8.93. The van der Waals surface area contributed by atoms with Crippen molar-refractivity contribution in [2.24, 2.45) is 11.8 Å². The van der Waals surface area contributed by atoms with Crippen LogP contribution in [0.25, 0.3) is 16.7 Å². The van der Waals surface area contributed by atoms with E-state index in [0.717, 1.165) is 49.7 Å². The summed E-state index contributed by atoms with van der Waals surface area (Å²) in [5.41, 5.74) is 9.08. The molecule has 11 heteroatoms. The fraction of sp³-hybridized carbons (Fsp3) is 0.448. The van der Waals surface area contributed by atoms with E-state index in [1.807, 2.05) is 6.07 Å². The van der Waals surface area contributed by atoms with Crippen molar-refractivity contribution >= 4 is 34.2 Å². The first-order valence-corrected chi connectivity index (χ1v) is 14.1. The standard InChI is InChI=1S/C29H35N9O2/c1-39-25-15-22-23(16-26(25)40-2)31-17-32-27(22)38-28(30)34-29(35-38)33-20-5-7-21(8-6-20)36-9-11-37(12-10-36)24-14-18-3-4-19(24)13-18/h5-8,15-19,24H,3-4,9-14H2,1-2H3,(H3,30,33,34,35). The van der Waals surface area contributed by atoms with Gasteiger partial charge in [0, 0.05) is 55.0 Å². The minimum atomic E-state index is 0.210. The van der Waals surface area contributed by atoms with Crippen LogP contribution in [0.3, 0.4) is 0 Å². The molecule has 3 atom stereocenters. The second-order valence-electron chi connectivity index (χ2n) is 11.1. The molecule has 3 N–H and O–H groups in total. The van der Waals surface area contributed by atoms with Crippen molar-refractivity contribution in [2.75, 3.05) is 56.3 Å². The van der Waals surface area contributed by atoms with Gasteiger partial charge in [0.15, 0.2) is 17.3 Å². The van der Waals surface area contributed by atoms with Gasteiger partial charge in [0.25, 0.3) is 0 Å². The van der Waals surface area contributed by atoms with Crippen molar-refractivity contribution in [1.29, 1.82) is 0 Å². The molecule has 2 aromatic carbocycles.